The first-order valence-corrected chi connectivity index (χ1v) is 47.3. The molecule has 106 heavy (non-hydrogen) atoms. The van der Waals surface area contributed by atoms with Gasteiger partial charge in [0.15, 0.2) is 12.2 Å². The van der Waals surface area contributed by atoms with E-state index in [0.29, 0.717) is 31.6 Å². The van der Waals surface area contributed by atoms with E-state index >= 15 is 0 Å². The molecule has 19 heteroatoms. The number of phosphoric acid groups is 2. The molecule has 0 spiro atoms. The number of rotatable bonds is 84. The number of hydrogen-bond donors (Lipinski definition) is 3. The molecule has 5 atom stereocenters. The van der Waals surface area contributed by atoms with Crippen molar-refractivity contribution in [3.63, 3.8) is 0 Å². The third-order valence-electron chi connectivity index (χ3n) is 19.8. The molecule has 0 aromatic rings. The van der Waals surface area contributed by atoms with E-state index in [1.807, 2.05) is 0 Å². The minimum absolute atomic E-state index is 0.0843. The molecule has 0 aromatic heterocycles. The van der Waals surface area contributed by atoms with Crippen LogP contribution in [0.25, 0.3) is 0 Å². The maximum absolute atomic E-state index is 13.1. The molecule has 0 fully saturated rings. The van der Waals surface area contributed by atoms with Crippen LogP contribution in [0.15, 0.2) is 24.3 Å². The lowest BCUT2D eigenvalue weighted by atomic mass is 10.0. The van der Waals surface area contributed by atoms with Gasteiger partial charge in [-0.25, -0.2) is 9.13 Å². The molecule has 626 valence electrons. The molecule has 0 bridgehead atoms. The van der Waals surface area contributed by atoms with Crippen LogP contribution in [-0.2, 0) is 65.4 Å². The van der Waals surface area contributed by atoms with E-state index in [-0.39, 0.29) is 25.7 Å². The zero-order valence-electron chi connectivity index (χ0n) is 69.2. The van der Waals surface area contributed by atoms with Crippen molar-refractivity contribution in [3.05, 3.63) is 24.3 Å². The highest BCUT2D eigenvalue weighted by atomic mass is 31.2. The Bertz CT molecular complexity index is 2120. The van der Waals surface area contributed by atoms with Crippen molar-refractivity contribution in [2.45, 2.75) is 458 Å². The first kappa shape index (κ1) is 104. The summed E-state index contributed by atoms with van der Waals surface area (Å²) in [5.41, 5.74) is 0. The van der Waals surface area contributed by atoms with E-state index in [1.54, 1.807) is 0 Å². The number of hydrogen-bond acceptors (Lipinski definition) is 15. The number of ether oxygens (including phenoxy) is 4. The van der Waals surface area contributed by atoms with Crippen molar-refractivity contribution in [1.29, 1.82) is 0 Å². The van der Waals surface area contributed by atoms with Crippen molar-refractivity contribution >= 4 is 39.5 Å². The summed E-state index contributed by atoms with van der Waals surface area (Å²) in [6.07, 6.45) is 73.4. The van der Waals surface area contributed by atoms with Crippen molar-refractivity contribution in [2.75, 3.05) is 39.6 Å². The SMILES string of the molecule is CCCCCC/C=C\C=C/CCCCCCCC(=O)O[C@H](COC(=O)CCCCCCCCC(C)C)COP(=O)(O)OC[C@H](O)COP(=O)(O)OC[C@@H](COC(=O)CCCCCCCCCCCCCCCCCCCCCCC)OC(=O)CCCCCCCCCCCCCCCCCCCCC(C)C. The Kier molecular flexibility index (Phi) is 76.0. The molecular weight excluding hydrogens is 1380 g/mol. The number of aliphatic hydroxyl groups is 1. The Morgan fingerprint density at radius 1 is 0.292 bits per heavy atom. The molecular formula is C87H166O17P2. The highest BCUT2D eigenvalue weighted by Crippen LogP contribution is 2.45. The van der Waals surface area contributed by atoms with Crippen LogP contribution in [0, 0.1) is 11.8 Å². The summed E-state index contributed by atoms with van der Waals surface area (Å²) >= 11 is 0. The zero-order chi connectivity index (χ0) is 77.8. The summed E-state index contributed by atoms with van der Waals surface area (Å²) in [7, 11) is -9.94. The van der Waals surface area contributed by atoms with Crippen LogP contribution < -0.4 is 0 Å². The normalized spacial score (nSPS) is 14.0. The minimum atomic E-state index is -4.97. The summed E-state index contributed by atoms with van der Waals surface area (Å²) in [6, 6.07) is 0. The van der Waals surface area contributed by atoms with Gasteiger partial charge in [-0.3, -0.25) is 37.3 Å². The predicted octanol–water partition coefficient (Wildman–Crippen LogP) is 26.2. The van der Waals surface area contributed by atoms with Crippen molar-refractivity contribution < 1.29 is 80.2 Å². The van der Waals surface area contributed by atoms with Crippen LogP contribution in [-0.4, -0.2) is 96.7 Å². The number of carbonyl (C=O) groups is 4. The van der Waals surface area contributed by atoms with E-state index in [1.165, 1.54) is 238 Å². The quantitative estimate of drug-likeness (QED) is 0.0169. The summed E-state index contributed by atoms with van der Waals surface area (Å²) in [4.78, 5) is 73.1. The van der Waals surface area contributed by atoms with Crippen LogP contribution in [0.4, 0.5) is 0 Å². The van der Waals surface area contributed by atoms with Gasteiger partial charge in [0.05, 0.1) is 26.4 Å². The molecule has 0 radical (unpaired) electrons. The number of phosphoric ester groups is 2. The Balaban J connectivity index is 5.22. The number of allylic oxidation sites excluding steroid dienone is 4. The summed E-state index contributed by atoms with van der Waals surface area (Å²) in [5.74, 6) is -0.641. The number of aliphatic hydroxyl groups excluding tert-OH is 1. The van der Waals surface area contributed by atoms with Gasteiger partial charge in [-0.1, -0.05) is 387 Å². The minimum Gasteiger partial charge on any atom is -0.462 e. The van der Waals surface area contributed by atoms with E-state index in [0.717, 1.165) is 115 Å². The molecule has 0 amide bonds. The van der Waals surface area contributed by atoms with Gasteiger partial charge in [0, 0.05) is 25.7 Å². The number of unbranched alkanes of at least 4 members (excludes halogenated alkanes) is 51. The Labute approximate surface area is 650 Å². The van der Waals surface area contributed by atoms with E-state index in [4.69, 9.17) is 37.0 Å². The standard InChI is InChI=1S/C87H166O17P2/c1-7-9-11-13-15-17-19-21-23-24-25-26-27-31-35-38-42-46-50-57-63-69-84(89)97-75-82(103-86(91)71-66-60-52-48-44-40-36-32-29-28-30-34-37-41-45-49-55-61-67-79(3)4)77-101-105(93,94)99-73-81(88)74-100-106(95,96)102-78-83(76-98-85(90)70-64-58-54-53-56-62-68-80(5)6)104-87(92)72-65-59-51-47-43-39-33-22-20-18-16-14-12-10-8-2/h18,20,22,33,79-83,88H,7-17,19,21,23-32,34-78H2,1-6H3,(H,93,94)(H,95,96)/b20-18-,33-22-/t81-,82-,83-/m1/s1. The maximum Gasteiger partial charge on any atom is 0.472 e. The Morgan fingerprint density at radius 3 is 0.774 bits per heavy atom. The molecule has 0 saturated carbocycles. The van der Waals surface area contributed by atoms with Gasteiger partial charge in [0.25, 0.3) is 0 Å². The van der Waals surface area contributed by atoms with Crippen molar-refractivity contribution in [3.8, 4) is 0 Å². The molecule has 0 saturated heterocycles. The van der Waals surface area contributed by atoms with E-state index in [9.17, 15) is 43.2 Å². The molecule has 0 aliphatic carbocycles. The van der Waals surface area contributed by atoms with E-state index in [2.05, 4.69) is 65.8 Å². The average molecular weight is 1550 g/mol. The molecule has 17 nitrogen and oxygen atoms in total. The Morgan fingerprint density at radius 2 is 0.509 bits per heavy atom. The largest absolute Gasteiger partial charge is 0.472 e. The first-order valence-electron chi connectivity index (χ1n) is 44.3. The van der Waals surface area contributed by atoms with Crippen LogP contribution in [0.2, 0.25) is 0 Å². The van der Waals surface area contributed by atoms with Gasteiger partial charge in [0.2, 0.25) is 0 Å². The second-order valence-electron chi connectivity index (χ2n) is 31.5. The number of esters is 4. The Hall–Kier alpha value is -2.46. The molecule has 0 aliphatic rings. The van der Waals surface area contributed by atoms with Gasteiger partial charge in [-0.15, -0.1) is 0 Å². The first-order chi connectivity index (χ1) is 51.4. The van der Waals surface area contributed by atoms with Crippen molar-refractivity contribution in [2.24, 2.45) is 11.8 Å². The lowest BCUT2D eigenvalue weighted by molar-refractivity contribution is -0.161. The van der Waals surface area contributed by atoms with Crippen LogP contribution in [0.5, 0.6) is 0 Å². The fourth-order valence-corrected chi connectivity index (χ4v) is 14.6. The van der Waals surface area contributed by atoms with Gasteiger partial charge in [-0.05, 0) is 63.2 Å². The lowest BCUT2D eigenvalue weighted by Crippen LogP contribution is -2.30. The molecule has 2 unspecified atom stereocenters. The molecule has 0 rings (SSSR count). The van der Waals surface area contributed by atoms with Gasteiger partial charge in [0.1, 0.15) is 19.3 Å². The maximum atomic E-state index is 13.1. The molecule has 0 aromatic carbocycles. The van der Waals surface area contributed by atoms with Gasteiger partial charge < -0.3 is 33.8 Å². The third-order valence-corrected chi connectivity index (χ3v) is 21.7. The monoisotopic (exact) mass is 1550 g/mol. The molecule has 3 N–H and O–H groups in total. The van der Waals surface area contributed by atoms with Crippen LogP contribution >= 0.6 is 15.6 Å². The second kappa shape index (κ2) is 77.8. The summed E-state index contributed by atoms with van der Waals surface area (Å²) in [5, 5.41) is 10.7. The van der Waals surface area contributed by atoms with Crippen molar-refractivity contribution in [1.82, 2.24) is 0 Å². The highest BCUT2D eigenvalue weighted by Gasteiger charge is 2.30. The topological polar surface area (TPSA) is 237 Å². The van der Waals surface area contributed by atoms with Gasteiger partial charge in [-0.2, -0.15) is 0 Å². The summed E-state index contributed by atoms with van der Waals surface area (Å²) < 4.78 is 68.8. The van der Waals surface area contributed by atoms with E-state index < -0.39 is 97.5 Å². The zero-order valence-corrected chi connectivity index (χ0v) is 71.0. The lowest BCUT2D eigenvalue weighted by Gasteiger charge is -2.21. The van der Waals surface area contributed by atoms with Crippen LogP contribution in [0.1, 0.15) is 440 Å². The molecule has 0 aliphatic heterocycles. The number of carbonyl (C=O) groups excluding carboxylic acids is 4. The fourth-order valence-electron chi connectivity index (χ4n) is 13.1. The predicted molar refractivity (Wildman–Crippen MR) is 437 cm³/mol. The third kappa shape index (κ3) is 79.6. The smallest absolute Gasteiger partial charge is 0.462 e. The highest BCUT2D eigenvalue weighted by molar-refractivity contribution is 7.47. The second-order valence-corrected chi connectivity index (χ2v) is 34.5. The van der Waals surface area contributed by atoms with Crippen LogP contribution in [0.3, 0.4) is 0 Å². The molecule has 0 heterocycles. The fraction of sp³-hybridized carbons (Fsp3) is 0.908. The average Bonchev–Trinajstić information content (AvgIpc) is 0.893. The summed E-state index contributed by atoms with van der Waals surface area (Å²) in [6.45, 7) is 9.55. The van der Waals surface area contributed by atoms with Gasteiger partial charge >= 0.3 is 39.5 Å².